The van der Waals surface area contributed by atoms with Crippen molar-refractivity contribution in [2.45, 2.75) is 0 Å². The monoisotopic (exact) mass is 502 g/mol. The molecule has 1 aliphatic rings. The van der Waals surface area contributed by atoms with Gasteiger partial charge in [0, 0.05) is 37.4 Å². The first-order chi connectivity index (χ1) is 15.9. The number of hydrogen-bond acceptors (Lipinski definition) is 5. The highest BCUT2D eigenvalue weighted by molar-refractivity contribution is 7.80. The first kappa shape index (κ1) is 23.2. The van der Waals surface area contributed by atoms with Crippen LogP contribution in [0, 0.1) is 5.82 Å². The maximum Gasteiger partial charge on any atom is 0.264 e. The van der Waals surface area contributed by atoms with Crippen LogP contribution in [-0.2, 0) is 0 Å². The second-order valence-electron chi connectivity index (χ2n) is 7.34. The Labute approximate surface area is 205 Å². The molecule has 2 aromatic carbocycles. The van der Waals surface area contributed by atoms with Crippen LogP contribution in [0.3, 0.4) is 0 Å². The molecule has 10 heteroatoms. The van der Waals surface area contributed by atoms with E-state index in [4.69, 9.17) is 23.8 Å². The summed E-state index contributed by atoms with van der Waals surface area (Å²) in [6.45, 7) is 2.57. The van der Waals surface area contributed by atoms with E-state index >= 15 is 0 Å². The molecule has 0 radical (unpaired) electrons. The number of nitrogens with zero attached hydrogens (tertiary/aromatic N) is 2. The SMILES string of the molecule is O=C(NC(=S)Nc1ccc(N2CCN(C(=O)c3cccs3)CC2)c(Cl)c1)c1cccc(F)c1. The number of halogens is 2. The number of nitrogens with one attached hydrogen (secondary N) is 2. The molecule has 2 amide bonds. The second kappa shape index (κ2) is 10.3. The smallest absolute Gasteiger partial charge is 0.264 e. The molecule has 170 valence electrons. The minimum Gasteiger partial charge on any atom is -0.367 e. The number of carbonyl (C=O) groups excluding carboxylic acids is 2. The van der Waals surface area contributed by atoms with Gasteiger partial charge in [0.2, 0.25) is 0 Å². The van der Waals surface area contributed by atoms with E-state index in [9.17, 15) is 14.0 Å². The van der Waals surface area contributed by atoms with Crippen LogP contribution >= 0.6 is 35.2 Å². The largest absolute Gasteiger partial charge is 0.367 e. The normalized spacial score (nSPS) is 13.5. The van der Waals surface area contributed by atoms with Crippen molar-refractivity contribution in [3.8, 4) is 0 Å². The number of benzene rings is 2. The number of carbonyl (C=O) groups is 2. The number of rotatable bonds is 4. The van der Waals surface area contributed by atoms with Crippen molar-refractivity contribution in [2.24, 2.45) is 0 Å². The number of anilines is 2. The predicted octanol–water partition coefficient (Wildman–Crippen LogP) is 4.63. The van der Waals surface area contributed by atoms with Crippen molar-refractivity contribution in [1.82, 2.24) is 10.2 Å². The zero-order valence-electron chi connectivity index (χ0n) is 17.4. The molecule has 1 aliphatic heterocycles. The maximum atomic E-state index is 13.3. The molecule has 33 heavy (non-hydrogen) atoms. The fourth-order valence-corrected chi connectivity index (χ4v) is 4.72. The zero-order valence-corrected chi connectivity index (χ0v) is 19.8. The van der Waals surface area contributed by atoms with Gasteiger partial charge < -0.3 is 15.1 Å². The average molecular weight is 503 g/mol. The minimum atomic E-state index is -0.510. The van der Waals surface area contributed by atoms with Gasteiger partial charge in [-0.3, -0.25) is 14.9 Å². The molecular formula is C23H20ClFN4O2S2. The van der Waals surface area contributed by atoms with E-state index in [0.717, 1.165) is 16.6 Å². The van der Waals surface area contributed by atoms with Gasteiger partial charge in [-0.15, -0.1) is 11.3 Å². The van der Waals surface area contributed by atoms with Crippen LogP contribution in [0.2, 0.25) is 5.02 Å². The lowest BCUT2D eigenvalue weighted by atomic mass is 10.2. The Morgan fingerprint density at radius 1 is 1.03 bits per heavy atom. The molecule has 0 atom stereocenters. The lowest BCUT2D eigenvalue weighted by molar-refractivity contribution is 0.0751. The van der Waals surface area contributed by atoms with Crippen molar-refractivity contribution in [3.63, 3.8) is 0 Å². The Morgan fingerprint density at radius 2 is 1.82 bits per heavy atom. The second-order valence-corrected chi connectivity index (χ2v) is 9.10. The van der Waals surface area contributed by atoms with Gasteiger partial charge in [-0.25, -0.2) is 4.39 Å². The van der Waals surface area contributed by atoms with Gasteiger partial charge in [0.05, 0.1) is 15.6 Å². The van der Waals surface area contributed by atoms with E-state index in [1.807, 2.05) is 34.5 Å². The van der Waals surface area contributed by atoms with Crippen molar-refractivity contribution >= 4 is 63.5 Å². The van der Waals surface area contributed by atoms with Crippen LogP contribution in [0.25, 0.3) is 0 Å². The van der Waals surface area contributed by atoms with Gasteiger partial charge >= 0.3 is 0 Å². The lowest BCUT2D eigenvalue weighted by Gasteiger charge is -2.36. The molecule has 0 aliphatic carbocycles. The Kier molecular flexibility index (Phi) is 7.22. The first-order valence-corrected chi connectivity index (χ1v) is 11.8. The summed E-state index contributed by atoms with van der Waals surface area (Å²) in [4.78, 5) is 29.5. The minimum absolute atomic E-state index is 0.0593. The highest BCUT2D eigenvalue weighted by Gasteiger charge is 2.24. The molecule has 1 saturated heterocycles. The summed E-state index contributed by atoms with van der Waals surface area (Å²) in [6, 6.07) is 14.5. The van der Waals surface area contributed by atoms with E-state index in [1.54, 1.807) is 6.07 Å². The number of thiocarbonyl (C=S) groups is 1. The third kappa shape index (κ3) is 5.68. The molecule has 0 bridgehead atoms. The van der Waals surface area contributed by atoms with E-state index in [-0.39, 0.29) is 16.6 Å². The fourth-order valence-electron chi connectivity index (χ4n) is 3.51. The summed E-state index contributed by atoms with van der Waals surface area (Å²) >= 11 is 13.2. The molecule has 0 spiro atoms. The molecule has 6 nitrogen and oxygen atoms in total. The van der Waals surface area contributed by atoms with Crippen LogP contribution in [-0.4, -0.2) is 48.0 Å². The quantitative estimate of drug-likeness (QED) is 0.509. The van der Waals surface area contributed by atoms with Crippen molar-refractivity contribution in [3.05, 3.63) is 81.3 Å². The summed E-state index contributed by atoms with van der Waals surface area (Å²) in [7, 11) is 0. The fraction of sp³-hybridized carbons (Fsp3) is 0.174. The molecular weight excluding hydrogens is 483 g/mol. The molecule has 0 unspecified atom stereocenters. The molecule has 1 fully saturated rings. The first-order valence-electron chi connectivity index (χ1n) is 10.2. The molecule has 0 saturated carbocycles. The Balaban J connectivity index is 1.33. The van der Waals surface area contributed by atoms with E-state index in [1.165, 1.54) is 29.5 Å². The van der Waals surface area contributed by atoms with Crippen molar-refractivity contribution in [2.75, 3.05) is 36.4 Å². The van der Waals surface area contributed by atoms with Crippen LogP contribution in [0.4, 0.5) is 15.8 Å². The Bertz CT molecular complexity index is 1180. The highest BCUT2D eigenvalue weighted by Crippen LogP contribution is 2.30. The summed E-state index contributed by atoms with van der Waals surface area (Å²) in [6.07, 6.45) is 0. The van der Waals surface area contributed by atoms with Gasteiger partial charge in [0.25, 0.3) is 11.8 Å². The van der Waals surface area contributed by atoms with Gasteiger partial charge in [-0.1, -0.05) is 23.7 Å². The summed E-state index contributed by atoms with van der Waals surface area (Å²) in [5, 5.41) is 7.94. The summed E-state index contributed by atoms with van der Waals surface area (Å²) < 4.78 is 13.3. The summed E-state index contributed by atoms with van der Waals surface area (Å²) in [5.74, 6) is -0.950. The molecule has 3 aromatic rings. The third-order valence-corrected chi connectivity index (χ3v) is 6.52. The summed E-state index contributed by atoms with van der Waals surface area (Å²) in [5.41, 5.74) is 1.64. The standard InChI is InChI=1S/C23H20ClFN4O2S2/c24-18-14-17(26-23(32)27-21(30)15-3-1-4-16(25)13-15)6-7-19(18)28-8-10-29(11-9-28)22(31)20-5-2-12-33-20/h1-7,12-14H,8-11H2,(H2,26,27,30,32). The van der Waals surface area contributed by atoms with E-state index < -0.39 is 11.7 Å². The average Bonchev–Trinajstić information content (AvgIpc) is 3.34. The Morgan fingerprint density at radius 3 is 2.48 bits per heavy atom. The van der Waals surface area contributed by atoms with Gasteiger partial charge in [-0.05, 0) is 60.1 Å². The topological polar surface area (TPSA) is 64.7 Å². The number of thiophene rings is 1. The highest BCUT2D eigenvalue weighted by atomic mass is 35.5. The van der Waals surface area contributed by atoms with Gasteiger partial charge in [0.15, 0.2) is 5.11 Å². The van der Waals surface area contributed by atoms with Crippen LogP contribution < -0.4 is 15.5 Å². The predicted molar refractivity (Wildman–Crippen MR) is 134 cm³/mol. The number of amides is 2. The zero-order chi connectivity index (χ0) is 23.4. The number of hydrogen-bond donors (Lipinski definition) is 2. The molecule has 4 rings (SSSR count). The molecule has 2 N–H and O–H groups in total. The van der Waals surface area contributed by atoms with Gasteiger partial charge in [-0.2, -0.15) is 0 Å². The van der Waals surface area contributed by atoms with Gasteiger partial charge in [0.1, 0.15) is 5.82 Å². The molecule has 2 heterocycles. The van der Waals surface area contributed by atoms with Crippen LogP contribution in [0.15, 0.2) is 60.0 Å². The number of piperazine rings is 1. The van der Waals surface area contributed by atoms with Crippen LogP contribution in [0.1, 0.15) is 20.0 Å². The van der Waals surface area contributed by atoms with Crippen molar-refractivity contribution < 1.29 is 14.0 Å². The maximum absolute atomic E-state index is 13.3. The Hall–Kier alpha value is -3.01. The van der Waals surface area contributed by atoms with E-state index in [0.29, 0.717) is 36.9 Å². The van der Waals surface area contributed by atoms with Crippen LogP contribution in [0.5, 0.6) is 0 Å². The van der Waals surface area contributed by atoms with Crippen molar-refractivity contribution in [1.29, 1.82) is 0 Å². The molecule has 1 aromatic heterocycles. The van der Waals surface area contributed by atoms with E-state index in [2.05, 4.69) is 15.5 Å². The third-order valence-electron chi connectivity index (χ3n) is 5.16. The lowest BCUT2D eigenvalue weighted by Crippen LogP contribution is -2.48.